The number of nitrogens with two attached hydrogens (primary N) is 1. The summed E-state index contributed by atoms with van der Waals surface area (Å²) in [4.78, 5) is 16.1. The molecule has 1 heterocycles. The highest BCUT2D eigenvalue weighted by Crippen LogP contribution is 2.30. The van der Waals surface area contributed by atoms with Crippen LogP contribution in [0.15, 0.2) is 12.1 Å². The topological polar surface area (TPSA) is 68.0 Å². The van der Waals surface area contributed by atoms with Gasteiger partial charge in [0, 0.05) is 18.5 Å². The number of hydrogen-bond acceptors (Lipinski definition) is 4. The second-order valence-electron chi connectivity index (χ2n) is 5.36. The van der Waals surface area contributed by atoms with Crippen molar-refractivity contribution < 1.29 is 13.6 Å². The zero-order valence-electron chi connectivity index (χ0n) is 11.6. The summed E-state index contributed by atoms with van der Waals surface area (Å²) in [6.45, 7) is 0. The second kappa shape index (κ2) is 6.85. The van der Waals surface area contributed by atoms with Gasteiger partial charge < -0.3 is 11.1 Å². The van der Waals surface area contributed by atoms with E-state index in [0.29, 0.717) is 21.8 Å². The van der Waals surface area contributed by atoms with Crippen molar-refractivity contribution in [3.8, 4) is 0 Å². The number of hydrogen-bond donors (Lipinski definition) is 2. The maximum Gasteiger partial charge on any atom is 0.226 e. The minimum Gasteiger partial charge on any atom is -0.327 e. The number of fused-ring (bicyclic) bond motifs is 1. The molecule has 2 atom stereocenters. The first-order valence-corrected chi connectivity index (χ1v) is 7.65. The maximum absolute atomic E-state index is 13.1. The minimum atomic E-state index is -0.942. The van der Waals surface area contributed by atoms with Crippen LogP contribution in [0.25, 0.3) is 10.2 Å². The average molecular weight is 348 g/mol. The maximum atomic E-state index is 13.1. The highest BCUT2D eigenvalue weighted by atomic mass is 35.5. The number of anilines is 1. The lowest BCUT2D eigenvalue weighted by atomic mass is 10.00. The molecule has 0 bridgehead atoms. The van der Waals surface area contributed by atoms with Gasteiger partial charge in [-0.1, -0.05) is 17.8 Å². The van der Waals surface area contributed by atoms with E-state index in [1.165, 1.54) is 0 Å². The van der Waals surface area contributed by atoms with Crippen LogP contribution in [-0.4, -0.2) is 16.9 Å². The third-order valence-electron chi connectivity index (χ3n) is 3.84. The number of amides is 1. The van der Waals surface area contributed by atoms with Crippen LogP contribution < -0.4 is 11.1 Å². The van der Waals surface area contributed by atoms with E-state index in [2.05, 4.69) is 10.3 Å². The molecule has 1 saturated carbocycles. The summed E-state index contributed by atoms with van der Waals surface area (Å²) in [5.41, 5.74) is 6.28. The van der Waals surface area contributed by atoms with Crippen molar-refractivity contribution in [1.82, 2.24) is 4.98 Å². The van der Waals surface area contributed by atoms with E-state index >= 15 is 0 Å². The smallest absolute Gasteiger partial charge is 0.226 e. The predicted molar refractivity (Wildman–Crippen MR) is 85.3 cm³/mol. The molecule has 120 valence electrons. The lowest BCUT2D eigenvalue weighted by Gasteiger charge is -2.13. The Hall–Kier alpha value is -1.31. The van der Waals surface area contributed by atoms with Crippen LogP contribution in [-0.2, 0) is 4.79 Å². The summed E-state index contributed by atoms with van der Waals surface area (Å²) in [5, 5.41) is 3.04. The number of carbonyl (C=O) groups is 1. The summed E-state index contributed by atoms with van der Waals surface area (Å²) in [6, 6.07) is 2.20. The summed E-state index contributed by atoms with van der Waals surface area (Å²) < 4.78 is 26.8. The molecule has 1 aliphatic carbocycles. The molecule has 1 aliphatic rings. The van der Waals surface area contributed by atoms with E-state index in [1.54, 1.807) is 0 Å². The van der Waals surface area contributed by atoms with E-state index < -0.39 is 11.6 Å². The molecule has 8 heteroatoms. The highest BCUT2D eigenvalue weighted by molar-refractivity contribution is 7.22. The molecule has 1 amide bonds. The third kappa shape index (κ3) is 3.53. The van der Waals surface area contributed by atoms with Crippen molar-refractivity contribution in [2.75, 3.05) is 5.32 Å². The standard InChI is InChI=1S/C14H15F2N3OS.ClH/c15-8-5-11-12(6-9(8)16)21-14(18-11)19-13(20)4-7-2-1-3-10(7)17;/h5-7,10H,1-4,17H2,(H,18,19,20);1H/t7-,10+;/m0./s1. The van der Waals surface area contributed by atoms with E-state index in [1.807, 2.05) is 0 Å². The van der Waals surface area contributed by atoms with Crippen LogP contribution >= 0.6 is 23.7 Å². The zero-order chi connectivity index (χ0) is 15.0. The number of nitrogens with zero attached hydrogens (tertiary/aromatic N) is 1. The first-order valence-electron chi connectivity index (χ1n) is 6.84. The van der Waals surface area contributed by atoms with Gasteiger partial charge in [0.2, 0.25) is 5.91 Å². The lowest BCUT2D eigenvalue weighted by Crippen LogP contribution is -2.28. The molecular formula is C14H16ClF2N3OS. The number of carbonyl (C=O) groups excluding carboxylic acids is 1. The Morgan fingerprint density at radius 2 is 2.09 bits per heavy atom. The Balaban J connectivity index is 0.00000176. The second-order valence-corrected chi connectivity index (χ2v) is 6.39. The molecule has 1 fully saturated rings. The van der Waals surface area contributed by atoms with Crippen LogP contribution in [0.1, 0.15) is 25.7 Å². The fraction of sp³-hybridized carbons (Fsp3) is 0.429. The van der Waals surface area contributed by atoms with Crippen molar-refractivity contribution in [2.24, 2.45) is 11.7 Å². The summed E-state index contributed by atoms with van der Waals surface area (Å²) in [6.07, 6.45) is 3.33. The molecule has 3 rings (SSSR count). The average Bonchev–Trinajstić information content (AvgIpc) is 2.97. The number of rotatable bonds is 3. The largest absolute Gasteiger partial charge is 0.327 e. The van der Waals surface area contributed by atoms with Gasteiger partial charge in [0.1, 0.15) is 0 Å². The van der Waals surface area contributed by atoms with Crippen molar-refractivity contribution in [1.29, 1.82) is 0 Å². The van der Waals surface area contributed by atoms with E-state index in [9.17, 15) is 13.6 Å². The molecule has 22 heavy (non-hydrogen) atoms. The molecular weight excluding hydrogens is 332 g/mol. The first-order chi connectivity index (χ1) is 10.0. The summed E-state index contributed by atoms with van der Waals surface area (Å²) in [5.74, 6) is -1.81. The third-order valence-corrected chi connectivity index (χ3v) is 4.78. The molecule has 0 saturated heterocycles. The van der Waals surface area contributed by atoms with Gasteiger partial charge in [0.25, 0.3) is 0 Å². The van der Waals surface area contributed by atoms with Crippen LogP contribution in [0.2, 0.25) is 0 Å². The number of aromatic nitrogens is 1. The normalized spacial score (nSPS) is 20.9. The van der Waals surface area contributed by atoms with Crippen molar-refractivity contribution in [2.45, 2.75) is 31.7 Å². The SMILES string of the molecule is Cl.N[C@@H]1CCC[C@H]1CC(=O)Nc1nc2cc(F)c(F)cc2s1. The molecule has 1 aromatic heterocycles. The molecule has 1 aromatic carbocycles. The fourth-order valence-corrected chi connectivity index (χ4v) is 3.59. The van der Waals surface area contributed by atoms with E-state index in [-0.39, 0.29) is 30.3 Å². The van der Waals surface area contributed by atoms with Gasteiger partial charge in [-0.15, -0.1) is 12.4 Å². The van der Waals surface area contributed by atoms with Gasteiger partial charge in [-0.25, -0.2) is 13.8 Å². The monoisotopic (exact) mass is 347 g/mol. The van der Waals surface area contributed by atoms with Crippen LogP contribution in [0.5, 0.6) is 0 Å². The molecule has 0 unspecified atom stereocenters. The number of thiazole rings is 1. The molecule has 0 spiro atoms. The number of benzene rings is 1. The van der Waals surface area contributed by atoms with Gasteiger partial charge >= 0.3 is 0 Å². The number of nitrogens with one attached hydrogen (secondary N) is 1. The van der Waals surface area contributed by atoms with E-state index in [0.717, 1.165) is 42.7 Å². The van der Waals surface area contributed by atoms with Crippen molar-refractivity contribution in [3.63, 3.8) is 0 Å². The van der Waals surface area contributed by atoms with Crippen LogP contribution in [0.3, 0.4) is 0 Å². The number of halogens is 3. The van der Waals surface area contributed by atoms with Crippen LogP contribution in [0, 0.1) is 17.6 Å². The Labute approximate surface area is 136 Å². The molecule has 4 nitrogen and oxygen atoms in total. The van der Waals surface area contributed by atoms with Crippen LogP contribution in [0.4, 0.5) is 13.9 Å². The van der Waals surface area contributed by atoms with Crippen molar-refractivity contribution in [3.05, 3.63) is 23.8 Å². The Morgan fingerprint density at radius 3 is 2.77 bits per heavy atom. The van der Waals surface area contributed by atoms with Gasteiger partial charge in [0.05, 0.1) is 10.2 Å². The summed E-state index contributed by atoms with van der Waals surface area (Å²) >= 11 is 1.13. The molecule has 2 aromatic rings. The Kier molecular flexibility index (Phi) is 5.31. The Bertz CT molecular complexity index is 655. The van der Waals surface area contributed by atoms with Gasteiger partial charge in [-0.3, -0.25) is 4.79 Å². The van der Waals surface area contributed by atoms with Crippen molar-refractivity contribution >= 4 is 45.0 Å². The Morgan fingerprint density at radius 1 is 1.36 bits per heavy atom. The lowest BCUT2D eigenvalue weighted by molar-refractivity contribution is -0.117. The molecule has 0 aliphatic heterocycles. The van der Waals surface area contributed by atoms with Gasteiger partial charge in [-0.2, -0.15) is 0 Å². The zero-order valence-corrected chi connectivity index (χ0v) is 13.3. The highest BCUT2D eigenvalue weighted by Gasteiger charge is 2.26. The minimum absolute atomic E-state index is 0. The van der Waals surface area contributed by atoms with E-state index in [4.69, 9.17) is 5.73 Å². The molecule has 0 radical (unpaired) electrons. The van der Waals surface area contributed by atoms with Gasteiger partial charge in [0.15, 0.2) is 16.8 Å². The fourth-order valence-electron chi connectivity index (χ4n) is 2.70. The summed E-state index contributed by atoms with van der Waals surface area (Å²) in [7, 11) is 0. The van der Waals surface area contributed by atoms with Gasteiger partial charge in [-0.05, 0) is 24.8 Å². The first kappa shape index (κ1) is 17.1. The quantitative estimate of drug-likeness (QED) is 0.893. The molecule has 3 N–H and O–H groups in total. The predicted octanol–water partition coefficient (Wildman–Crippen LogP) is 3.45.